The molecule has 3 nitrogen and oxygen atoms in total. The molecule has 0 spiro atoms. The number of aromatic nitrogens is 1. The number of rotatable bonds is 4. The fourth-order valence-electron chi connectivity index (χ4n) is 2.69. The highest BCUT2D eigenvalue weighted by Crippen LogP contribution is 2.26. The van der Waals surface area contributed by atoms with Crippen LogP contribution in [0.4, 0.5) is 5.69 Å². The van der Waals surface area contributed by atoms with E-state index in [4.69, 9.17) is 0 Å². The highest BCUT2D eigenvalue weighted by Gasteiger charge is 2.10. The standard InChI is InChI=1S/C20H20N2O/c1-14-8-12-18-17(11-9-15(2)21-18)20(14)22-19(23)13-10-16-6-4-3-5-7-16/h3-9,11-12H,10,13H2,1-2H3,(H,22,23). The van der Waals surface area contributed by atoms with Crippen LogP contribution in [0.15, 0.2) is 54.6 Å². The van der Waals surface area contributed by atoms with Crippen LogP contribution in [-0.2, 0) is 11.2 Å². The van der Waals surface area contributed by atoms with Crippen molar-refractivity contribution in [3.05, 3.63) is 71.4 Å². The first-order chi connectivity index (χ1) is 11.1. The number of carbonyl (C=O) groups excluding carboxylic acids is 1. The van der Waals surface area contributed by atoms with Crippen molar-refractivity contribution in [2.24, 2.45) is 0 Å². The largest absolute Gasteiger partial charge is 0.325 e. The summed E-state index contributed by atoms with van der Waals surface area (Å²) < 4.78 is 0. The Balaban J connectivity index is 1.78. The lowest BCUT2D eigenvalue weighted by Crippen LogP contribution is -2.13. The van der Waals surface area contributed by atoms with Gasteiger partial charge in [-0.2, -0.15) is 0 Å². The van der Waals surface area contributed by atoms with Gasteiger partial charge >= 0.3 is 0 Å². The first kappa shape index (κ1) is 15.2. The van der Waals surface area contributed by atoms with E-state index >= 15 is 0 Å². The molecule has 3 heteroatoms. The number of hydrogen-bond acceptors (Lipinski definition) is 2. The van der Waals surface area contributed by atoms with Gasteiger partial charge in [-0.05, 0) is 49.6 Å². The van der Waals surface area contributed by atoms with Gasteiger partial charge in [0, 0.05) is 17.5 Å². The van der Waals surface area contributed by atoms with E-state index in [1.165, 1.54) is 5.56 Å². The summed E-state index contributed by atoms with van der Waals surface area (Å²) in [5.74, 6) is 0.0324. The van der Waals surface area contributed by atoms with E-state index in [-0.39, 0.29) is 5.91 Å². The van der Waals surface area contributed by atoms with Crippen molar-refractivity contribution >= 4 is 22.5 Å². The minimum atomic E-state index is 0.0324. The van der Waals surface area contributed by atoms with Gasteiger partial charge in [0.25, 0.3) is 0 Å². The van der Waals surface area contributed by atoms with Crippen LogP contribution in [0.3, 0.4) is 0 Å². The Kier molecular flexibility index (Phi) is 4.38. The molecule has 116 valence electrons. The Hall–Kier alpha value is -2.68. The van der Waals surface area contributed by atoms with Gasteiger partial charge in [-0.1, -0.05) is 36.4 Å². The van der Waals surface area contributed by atoms with Crippen LogP contribution in [0.25, 0.3) is 10.9 Å². The lowest BCUT2D eigenvalue weighted by molar-refractivity contribution is -0.116. The second-order valence-corrected chi connectivity index (χ2v) is 5.81. The number of amides is 1. The molecule has 3 aromatic rings. The van der Waals surface area contributed by atoms with Gasteiger partial charge in [0.2, 0.25) is 5.91 Å². The number of nitrogens with zero attached hydrogens (tertiary/aromatic N) is 1. The predicted molar refractivity (Wildman–Crippen MR) is 94.6 cm³/mol. The maximum atomic E-state index is 12.3. The summed E-state index contributed by atoms with van der Waals surface area (Å²) in [6, 6.07) is 18.1. The lowest BCUT2D eigenvalue weighted by atomic mass is 10.1. The van der Waals surface area contributed by atoms with Crippen molar-refractivity contribution in [2.45, 2.75) is 26.7 Å². The second kappa shape index (κ2) is 6.61. The average molecular weight is 304 g/mol. The van der Waals surface area contributed by atoms with Crippen molar-refractivity contribution in [3.63, 3.8) is 0 Å². The van der Waals surface area contributed by atoms with E-state index in [0.717, 1.165) is 34.3 Å². The zero-order valence-electron chi connectivity index (χ0n) is 13.5. The zero-order valence-corrected chi connectivity index (χ0v) is 13.5. The van der Waals surface area contributed by atoms with Gasteiger partial charge in [-0.3, -0.25) is 9.78 Å². The number of carbonyl (C=O) groups is 1. The third-order valence-electron chi connectivity index (χ3n) is 3.97. The molecule has 1 N–H and O–H groups in total. The normalized spacial score (nSPS) is 10.7. The Morgan fingerprint density at radius 1 is 1.00 bits per heavy atom. The summed E-state index contributed by atoms with van der Waals surface area (Å²) in [5, 5.41) is 4.05. The number of hydrogen-bond donors (Lipinski definition) is 1. The molecule has 0 unspecified atom stereocenters. The van der Waals surface area contributed by atoms with Crippen LogP contribution in [-0.4, -0.2) is 10.9 Å². The van der Waals surface area contributed by atoms with E-state index in [9.17, 15) is 4.79 Å². The van der Waals surface area contributed by atoms with Crippen molar-refractivity contribution < 1.29 is 4.79 Å². The number of fused-ring (bicyclic) bond motifs is 1. The third kappa shape index (κ3) is 3.57. The summed E-state index contributed by atoms with van der Waals surface area (Å²) in [7, 11) is 0. The predicted octanol–water partition coefficient (Wildman–Crippen LogP) is 4.42. The molecule has 1 heterocycles. The average Bonchev–Trinajstić information content (AvgIpc) is 2.56. The summed E-state index contributed by atoms with van der Waals surface area (Å²) >= 11 is 0. The van der Waals surface area contributed by atoms with Crippen LogP contribution in [0, 0.1) is 13.8 Å². The number of aryl methyl sites for hydroxylation is 3. The molecule has 1 aromatic heterocycles. The molecular formula is C20H20N2O. The highest BCUT2D eigenvalue weighted by molar-refractivity contribution is 6.02. The quantitative estimate of drug-likeness (QED) is 0.775. The fourth-order valence-corrected chi connectivity index (χ4v) is 2.69. The van der Waals surface area contributed by atoms with Crippen LogP contribution < -0.4 is 5.32 Å². The fraction of sp³-hybridized carbons (Fsp3) is 0.200. The van der Waals surface area contributed by atoms with Crippen molar-refractivity contribution in [1.29, 1.82) is 0 Å². The Labute approximate surface area is 136 Å². The molecule has 0 atom stereocenters. The van der Waals surface area contributed by atoms with Crippen LogP contribution in [0.1, 0.15) is 23.2 Å². The maximum absolute atomic E-state index is 12.3. The zero-order chi connectivity index (χ0) is 16.2. The van der Waals surface area contributed by atoms with Crippen molar-refractivity contribution in [1.82, 2.24) is 4.98 Å². The summed E-state index contributed by atoms with van der Waals surface area (Å²) in [5.41, 5.74) is 4.98. The van der Waals surface area contributed by atoms with Gasteiger partial charge in [0.15, 0.2) is 0 Å². The topological polar surface area (TPSA) is 42.0 Å². The molecule has 0 saturated heterocycles. The molecular weight excluding hydrogens is 284 g/mol. The maximum Gasteiger partial charge on any atom is 0.224 e. The number of benzene rings is 2. The monoisotopic (exact) mass is 304 g/mol. The smallest absolute Gasteiger partial charge is 0.224 e. The Morgan fingerprint density at radius 3 is 2.57 bits per heavy atom. The highest BCUT2D eigenvalue weighted by atomic mass is 16.1. The van der Waals surface area contributed by atoms with Gasteiger partial charge in [-0.15, -0.1) is 0 Å². The molecule has 0 radical (unpaired) electrons. The van der Waals surface area contributed by atoms with E-state index < -0.39 is 0 Å². The third-order valence-corrected chi connectivity index (χ3v) is 3.97. The first-order valence-electron chi connectivity index (χ1n) is 7.84. The lowest BCUT2D eigenvalue weighted by Gasteiger charge is -2.12. The molecule has 1 amide bonds. The van der Waals surface area contributed by atoms with E-state index in [0.29, 0.717) is 6.42 Å². The SMILES string of the molecule is Cc1ccc2c(NC(=O)CCc3ccccc3)c(C)ccc2n1. The molecule has 2 aromatic carbocycles. The van der Waals surface area contributed by atoms with Crippen LogP contribution >= 0.6 is 0 Å². The van der Waals surface area contributed by atoms with Crippen molar-refractivity contribution in [3.8, 4) is 0 Å². The van der Waals surface area contributed by atoms with Crippen molar-refractivity contribution in [2.75, 3.05) is 5.32 Å². The van der Waals surface area contributed by atoms with Gasteiger partial charge in [-0.25, -0.2) is 0 Å². The van der Waals surface area contributed by atoms with Gasteiger partial charge in [0.05, 0.1) is 11.2 Å². The van der Waals surface area contributed by atoms with Crippen LogP contribution in [0.2, 0.25) is 0 Å². The first-order valence-corrected chi connectivity index (χ1v) is 7.84. The molecule has 0 aliphatic carbocycles. The molecule has 23 heavy (non-hydrogen) atoms. The summed E-state index contributed by atoms with van der Waals surface area (Å²) in [4.78, 5) is 16.8. The molecule has 0 aliphatic rings. The molecule has 3 rings (SSSR count). The van der Waals surface area contributed by atoms with Crippen LogP contribution in [0.5, 0.6) is 0 Å². The van der Waals surface area contributed by atoms with Gasteiger partial charge in [0.1, 0.15) is 0 Å². The summed E-state index contributed by atoms with van der Waals surface area (Å²) in [6.07, 6.45) is 1.22. The van der Waals surface area contributed by atoms with E-state index in [1.54, 1.807) is 0 Å². The Bertz CT molecular complexity index is 841. The molecule has 0 aliphatic heterocycles. The summed E-state index contributed by atoms with van der Waals surface area (Å²) in [6.45, 7) is 3.98. The molecule has 0 saturated carbocycles. The van der Waals surface area contributed by atoms with Gasteiger partial charge < -0.3 is 5.32 Å². The Morgan fingerprint density at radius 2 is 1.78 bits per heavy atom. The number of pyridine rings is 1. The second-order valence-electron chi connectivity index (χ2n) is 5.81. The molecule has 0 bridgehead atoms. The van der Waals surface area contributed by atoms with E-state index in [2.05, 4.69) is 10.3 Å². The number of anilines is 1. The minimum absolute atomic E-state index is 0.0324. The van der Waals surface area contributed by atoms with E-state index in [1.807, 2.05) is 68.4 Å². The molecule has 0 fully saturated rings. The minimum Gasteiger partial charge on any atom is -0.325 e. The number of nitrogens with one attached hydrogen (secondary N) is 1.